The molecule has 0 bridgehead atoms. The molecule has 18 heavy (non-hydrogen) atoms. The monoisotopic (exact) mass is 251 g/mol. The summed E-state index contributed by atoms with van der Waals surface area (Å²) in [6, 6.07) is 3.26. The number of benzene rings is 1. The van der Waals surface area contributed by atoms with Crippen LogP contribution in [0.15, 0.2) is 17.1 Å². The van der Waals surface area contributed by atoms with Crippen LogP contribution in [0, 0.1) is 0 Å². The fourth-order valence-corrected chi connectivity index (χ4v) is 2.09. The highest BCUT2D eigenvalue weighted by molar-refractivity contribution is 5.55. The van der Waals surface area contributed by atoms with Gasteiger partial charge in [0.05, 0.1) is 14.2 Å². The number of nitrogens with zero attached hydrogens (tertiary/aromatic N) is 1. The predicted octanol–water partition coefficient (Wildman–Crippen LogP) is 2.50. The van der Waals surface area contributed by atoms with Crippen molar-refractivity contribution in [3.8, 4) is 11.5 Å². The first-order chi connectivity index (χ1) is 8.70. The van der Waals surface area contributed by atoms with Crippen molar-refractivity contribution in [2.24, 2.45) is 4.99 Å². The molecule has 0 unspecified atom stereocenters. The molecule has 0 amide bonds. The van der Waals surface area contributed by atoms with Gasteiger partial charge in [-0.25, -0.2) is 9.18 Å². The first-order valence-electron chi connectivity index (χ1n) is 5.61. The van der Waals surface area contributed by atoms with Gasteiger partial charge in [0.1, 0.15) is 12.2 Å². The van der Waals surface area contributed by atoms with Gasteiger partial charge >= 0.3 is 0 Å². The number of halogens is 1. The summed E-state index contributed by atoms with van der Waals surface area (Å²) in [5.41, 5.74) is 0.571. The number of aliphatic imine (C=N–C) groups is 1. The van der Waals surface area contributed by atoms with E-state index in [0.29, 0.717) is 22.6 Å². The summed E-state index contributed by atoms with van der Waals surface area (Å²) in [5, 5.41) is 0. The Morgan fingerprint density at radius 2 is 2.11 bits per heavy atom. The van der Waals surface area contributed by atoms with Crippen LogP contribution in [0.1, 0.15) is 24.0 Å². The van der Waals surface area contributed by atoms with E-state index in [1.165, 1.54) is 14.2 Å². The van der Waals surface area contributed by atoms with Crippen molar-refractivity contribution in [2.75, 3.05) is 14.2 Å². The second-order valence-electron chi connectivity index (χ2n) is 4.25. The number of methoxy groups -OCH3 is 2. The molecular formula is C13H14FNO3. The molecule has 0 aromatic heterocycles. The molecule has 1 aliphatic carbocycles. The van der Waals surface area contributed by atoms with Crippen molar-refractivity contribution in [3.63, 3.8) is 0 Å². The number of alkyl halides is 1. The van der Waals surface area contributed by atoms with E-state index in [1.54, 1.807) is 18.2 Å². The summed E-state index contributed by atoms with van der Waals surface area (Å²) in [6.45, 7) is -0.603. The van der Waals surface area contributed by atoms with E-state index >= 15 is 0 Å². The van der Waals surface area contributed by atoms with Crippen LogP contribution in [0.3, 0.4) is 0 Å². The molecule has 5 heteroatoms. The number of hydrogen-bond donors (Lipinski definition) is 0. The third kappa shape index (κ3) is 1.97. The molecule has 4 nitrogen and oxygen atoms in total. The third-order valence-corrected chi connectivity index (χ3v) is 3.18. The molecule has 1 saturated carbocycles. The van der Waals surface area contributed by atoms with Crippen molar-refractivity contribution in [2.45, 2.75) is 25.1 Å². The Balaban J connectivity index is 2.60. The molecule has 1 fully saturated rings. The second-order valence-corrected chi connectivity index (χ2v) is 4.25. The lowest BCUT2D eigenvalue weighted by Crippen LogP contribution is -2.07. The van der Waals surface area contributed by atoms with E-state index in [-0.39, 0.29) is 0 Å². The lowest BCUT2D eigenvalue weighted by atomic mass is 10.0. The Morgan fingerprint density at radius 1 is 1.39 bits per heavy atom. The van der Waals surface area contributed by atoms with Crippen LogP contribution in [-0.2, 0) is 17.0 Å². The summed E-state index contributed by atoms with van der Waals surface area (Å²) in [7, 11) is 3.00. The zero-order valence-electron chi connectivity index (χ0n) is 10.3. The van der Waals surface area contributed by atoms with Gasteiger partial charge < -0.3 is 9.47 Å². The van der Waals surface area contributed by atoms with E-state index in [1.807, 2.05) is 0 Å². The van der Waals surface area contributed by atoms with Gasteiger partial charge in [0.15, 0.2) is 11.5 Å². The highest BCUT2D eigenvalue weighted by atomic mass is 19.1. The Labute approximate surface area is 104 Å². The molecule has 1 aliphatic rings. The van der Waals surface area contributed by atoms with Crippen molar-refractivity contribution < 1.29 is 18.7 Å². The molecule has 96 valence electrons. The molecule has 0 saturated heterocycles. The van der Waals surface area contributed by atoms with Crippen molar-refractivity contribution in [3.05, 3.63) is 23.3 Å². The maximum Gasteiger partial charge on any atom is 0.235 e. The summed E-state index contributed by atoms with van der Waals surface area (Å²) in [6.07, 6.45) is 3.05. The number of ether oxygens (including phenoxy) is 2. The minimum absolute atomic E-state index is 0.454. The highest BCUT2D eigenvalue weighted by Crippen LogP contribution is 2.54. The molecule has 1 aromatic rings. The Hall–Kier alpha value is -1.87. The van der Waals surface area contributed by atoms with Crippen LogP contribution in [0.2, 0.25) is 0 Å². The van der Waals surface area contributed by atoms with Crippen molar-refractivity contribution in [1.29, 1.82) is 0 Å². The molecule has 0 heterocycles. The van der Waals surface area contributed by atoms with Crippen LogP contribution in [-0.4, -0.2) is 20.3 Å². The topological polar surface area (TPSA) is 47.9 Å². The molecule has 0 N–H and O–H groups in total. The smallest absolute Gasteiger partial charge is 0.235 e. The van der Waals surface area contributed by atoms with Crippen molar-refractivity contribution in [1.82, 2.24) is 0 Å². The van der Waals surface area contributed by atoms with Gasteiger partial charge in [-0.2, -0.15) is 4.99 Å². The largest absolute Gasteiger partial charge is 0.493 e. The van der Waals surface area contributed by atoms with Gasteiger partial charge in [0.2, 0.25) is 6.08 Å². The number of isocyanates is 1. The van der Waals surface area contributed by atoms with Crippen LogP contribution in [0.5, 0.6) is 11.5 Å². The van der Waals surface area contributed by atoms with E-state index in [0.717, 1.165) is 12.8 Å². The van der Waals surface area contributed by atoms with Gasteiger partial charge in [0.25, 0.3) is 0 Å². The molecule has 0 aliphatic heterocycles. The number of hydrogen-bond acceptors (Lipinski definition) is 4. The Morgan fingerprint density at radius 3 is 2.56 bits per heavy atom. The molecule has 0 radical (unpaired) electrons. The van der Waals surface area contributed by atoms with Gasteiger partial charge in [-0.05, 0) is 30.5 Å². The standard InChI is InChI=1S/C13H14FNO3/c1-17-11-6-9(7-14)5-10(12(11)18-2)13(3-4-13)15-8-16/h5-6H,3-4,7H2,1-2H3. The zero-order chi connectivity index (χ0) is 13.2. The minimum atomic E-state index is -0.606. The molecule has 2 rings (SSSR count). The van der Waals surface area contributed by atoms with Crippen LogP contribution in [0.25, 0.3) is 0 Å². The summed E-state index contributed by atoms with van der Waals surface area (Å²) < 4.78 is 23.3. The van der Waals surface area contributed by atoms with E-state index in [9.17, 15) is 9.18 Å². The van der Waals surface area contributed by atoms with Gasteiger partial charge in [-0.15, -0.1) is 0 Å². The third-order valence-electron chi connectivity index (χ3n) is 3.18. The molecular weight excluding hydrogens is 237 g/mol. The van der Waals surface area contributed by atoms with Gasteiger partial charge in [-0.1, -0.05) is 0 Å². The Bertz CT molecular complexity index is 505. The van der Waals surface area contributed by atoms with Gasteiger partial charge in [0, 0.05) is 5.56 Å². The van der Waals surface area contributed by atoms with Gasteiger partial charge in [-0.3, -0.25) is 0 Å². The van der Waals surface area contributed by atoms with Crippen LogP contribution < -0.4 is 9.47 Å². The Kier molecular flexibility index (Phi) is 3.34. The molecule has 0 spiro atoms. The van der Waals surface area contributed by atoms with Crippen LogP contribution in [0.4, 0.5) is 4.39 Å². The highest BCUT2D eigenvalue weighted by Gasteiger charge is 2.47. The molecule has 1 aromatic carbocycles. The predicted molar refractivity (Wildman–Crippen MR) is 63.4 cm³/mol. The van der Waals surface area contributed by atoms with E-state index < -0.39 is 12.2 Å². The van der Waals surface area contributed by atoms with E-state index in [4.69, 9.17) is 9.47 Å². The first kappa shape index (κ1) is 12.6. The first-order valence-corrected chi connectivity index (χ1v) is 5.61. The molecule has 0 atom stereocenters. The fourth-order valence-electron chi connectivity index (χ4n) is 2.09. The van der Waals surface area contributed by atoms with E-state index in [2.05, 4.69) is 4.99 Å². The van der Waals surface area contributed by atoms with Crippen LogP contribution >= 0.6 is 0 Å². The number of rotatable bonds is 5. The maximum absolute atomic E-state index is 12.8. The lowest BCUT2D eigenvalue weighted by Gasteiger charge is -2.17. The normalized spacial score (nSPS) is 15.7. The number of carbonyl (C=O) groups excluding carboxylic acids is 1. The SMILES string of the molecule is COc1cc(CF)cc(C2(N=C=O)CC2)c1OC. The average Bonchev–Trinajstić information content (AvgIpc) is 3.18. The van der Waals surface area contributed by atoms with Crippen molar-refractivity contribution >= 4 is 6.08 Å². The summed E-state index contributed by atoms with van der Waals surface area (Å²) >= 11 is 0. The quantitative estimate of drug-likeness (QED) is 0.596. The maximum atomic E-state index is 12.8. The fraction of sp³-hybridized carbons (Fsp3) is 0.462. The average molecular weight is 251 g/mol. The minimum Gasteiger partial charge on any atom is -0.493 e. The zero-order valence-corrected chi connectivity index (χ0v) is 10.3. The summed E-state index contributed by atoms with van der Waals surface area (Å²) in [5.74, 6) is 0.959. The summed E-state index contributed by atoms with van der Waals surface area (Å²) in [4.78, 5) is 14.3. The lowest BCUT2D eigenvalue weighted by molar-refractivity contribution is 0.347. The second kappa shape index (κ2) is 4.78.